The first-order chi connectivity index (χ1) is 14.9. The van der Waals surface area contributed by atoms with Crippen LogP contribution in [0.15, 0.2) is 72.9 Å². The Hall–Kier alpha value is -3.75. The van der Waals surface area contributed by atoms with Crippen molar-refractivity contribution >= 4 is 23.4 Å². The molecular weight excluding hydrogens is 394 g/mol. The molecule has 1 heterocycles. The van der Waals surface area contributed by atoms with E-state index in [1.54, 1.807) is 42.6 Å². The minimum atomic E-state index is -0.548. The summed E-state index contributed by atoms with van der Waals surface area (Å²) in [6.45, 7) is 0.920. The van der Waals surface area contributed by atoms with Crippen molar-refractivity contribution in [2.45, 2.75) is 0 Å². The summed E-state index contributed by atoms with van der Waals surface area (Å²) in [6.07, 6.45) is 1.16. The summed E-state index contributed by atoms with van der Waals surface area (Å²) < 4.78 is 5.09. The van der Waals surface area contributed by atoms with Crippen LogP contribution < -0.4 is 16.2 Å². The van der Waals surface area contributed by atoms with Crippen LogP contribution >= 0.6 is 0 Å². The summed E-state index contributed by atoms with van der Waals surface area (Å²) in [5.74, 6) is 5.71. The molecule has 31 heavy (non-hydrogen) atoms. The van der Waals surface area contributed by atoms with Crippen molar-refractivity contribution in [1.82, 2.24) is 9.88 Å². The number of nitrogens with one attached hydrogen (secondary N) is 1. The van der Waals surface area contributed by atoms with E-state index in [1.807, 2.05) is 49.3 Å². The summed E-state index contributed by atoms with van der Waals surface area (Å²) in [5, 5.41) is 3.71. The number of nitrogens with zero attached hydrogens (tertiary/aromatic N) is 3. The Kier molecular flexibility index (Phi) is 7.31. The fourth-order valence-corrected chi connectivity index (χ4v) is 2.78. The van der Waals surface area contributed by atoms with Gasteiger partial charge in [-0.05, 0) is 62.6 Å². The van der Waals surface area contributed by atoms with E-state index >= 15 is 0 Å². The Morgan fingerprint density at radius 3 is 2.48 bits per heavy atom. The number of nitrogens with two attached hydrogens (primary N) is 1. The molecule has 2 aromatic carbocycles. The maximum Gasteiger partial charge on any atom is 0.411 e. The second kappa shape index (κ2) is 10.3. The molecule has 0 radical (unpaired) electrons. The average molecular weight is 419 g/mol. The van der Waals surface area contributed by atoms with Crippen LogP contribution in [0.3, 0.4) is 0 Å². The lowest BCUT2D eigenvalue weighted by atomic mass is 10.1. The Labute approximate surface area is 181 Å². The van der Waals surface area contributed by atoms with Crippen LogP contribution in [-0.2, 0) is 4.74 Å². The van der Waals surface area contributed by atoms with E-state index < -0.39 is 6.09 Å². The second-order valence-electron chi connectivity index (χ2n) is 7.08. The van der Waals surface area contributed by atoms with Gasteiger partial charge in [0.2, 0.25) is 0 Å². The third kappa shape index (κ3) is 6.11. The van der Waals surface area contributed by atoms with Crippen molar-refractivity contribution in [3.05, 3.63) is 78.5 Å². The number of pyridine rings is 1. The fraction of sp³-hybridized carbons (Fsp3) is 0.174. The highest BCUT2D eigenvalue weighted by Crippen LogP contribution is 2.23. The molecule has 0 unspecified atom stereocenters. The standard InChI is InChI=1S/C23H25N5O3/c1-27(2)14-15-31-23(30)26-19-11-9-17(10-12-19)22(29)28(24)20-7-5-6-18(16-20)21-8-3-4-13-25-21/h3-13,16H,14-15,24H2,1-2H3,(H,26,30). The van der Waals surface area contributed by atoms with Crippen molar-refractivity contribution in [2.24, 2.45) is 5.84 Å². The zero-order valence-electron chi connectivity index (χ0n) is 17.5. The van der Waals surface area contributed by atoms with Gasteiger partial charge in [0.1, 0.15) is 6.61 Å². The van der Waals surface area contributed by atoms with Crippen LogP contribution in [0.2, 0.25) is 0 Å². The van der Waals surface area contributed by atoms with Gasteiger partial charge < -0.3 is 9.64 Å². The molecule has 3 rings (SSSR count). The van der Waals surface area contributed by atoms with Gasteiger partial charge in [0, 0.05) is 29.6 Å². The van der Waals surface area contributed by atoms with Crippen molar-refractivity contribution in [2.75, 3.05) is 37.6 Å². The molecule has 0 saturated carbocycles. The van der Waals surface area contributed by atoms with Crippen LogP contribution in [-0.4, -0.2) is 49.1 Å². The van der Waals surface area contributed by atoms with Crippen molar-refractivity contribution in [3.63, 3.8) is 0 Å². The van der Waals surface area contributed by atoms with Crippen LogP contribution in [0, 0.1) is 0 Å². The van der Waals surface area contributed by atoms with E-state index in [-0.39, 0.29) is 12.5 Å². The van der Waals surface area contributed by atoms with Gasteiger partial charge in [0.15, 0.2) is 0 Å². The van der Waals surface area contributed by atoms with E-state index in [1.165, 1.54) is 0 Å². The van der Waals surface area contributed by atoms with Crippen LogP contribution in [0.4, 0.5) is 16.2 Å². The molecule has 0 aliphatic rings. The highest BCUT2D eigenvalue weighted by atomic mass is 16.5. The SMILES string of the molecule is CN(C)CCOC(=O)Nc1ccc(C(=O)N(N)c2cccc(-c3ccccn3)c2)cc1. The lowest BCUT2D eigenvalue weighted by Crippen LogP contribution is -2.37. The van der Waals surface area contributed by atoms with Gasteiger partial charge in [-0.25, -0.2) is 15.6 Å². The Bertz CT molecular complexity index is 1020. The largest absolute Gasteiger partial charge is 0.448 e. The van der Waals surface area contributed by atoms with Gasteiger partial charge in [-0.15, -0.1) is 0 Å². The molecule has 0 saturated heterocycles. The molecular formula is C23H25N5O3. The number of amides is 2. The van der Waals surface area contributed by atoms with Crippen LogP contribution in [0.1, 0.15) is 10.4 Å². The minimum absolute atomic E-state index is 0.287. The Balaban J connectivity index is 1.64. The molecule has 0 fully saturated rings. The van der Waals surface area contributed by atoms with Gasteiger partial charge in [0.25, 0.3) is 5.91 Å². The monoisotopic (exact) mass is 419 g/mol. The Morgan fingerprint density at radius 2 is 1.81 bits per heavy atom. The lowest BCUT2D eigenvalue weighted by Gasteiger charge is -2.18. The number of ether oxygens (including phenoxy) is 1. The summed E-state index contributed by atoms with van der Waals surface area (Å²) in [7, 11) is 3.79. The fourth-order valence-electron chi connectivity index (χ4n) is 2.78. The van der Waals surface area contributed by atoms with Gasteiger partial charge in [0.05, 0.1) is 11.4 Å². The molecule has 0 aliphatic carbocycles. The molecule has 160 valence electrons. The summed E-state index contributed by atoms with van der Waals surface area (Å²) >= 11 is 0. The molecule has 2 amide bonds. The van der Waals surface area contributed by atoms with Crippen LogP contribution in [0.5, 0.6) is 0 Å². The Morgan fingerprint density at radius 1 is 1.03 bits per heavy atom. The highest BCUT2D eigenvalue weighted by Gasteiger charge is 2.15. The first-order valence-corrected chi connectivity index (χ1v) is 9.73. The molecule has 0 atom stereocenters. The molecule has 3 N–H and O–H groups in total. The maximum atomic E-state index is 12.8. The third-order valence-electron chi connectivity index (χ3n) is 4.45. The van der Waals surface area contributed by atoms with Gasteiger partial charge in [-0.2, -0.15) is 0 Å². The topological polar surface area (TPSA) is 101 Å². The predicted molar refractivity (Wildman–Crippen MR) is 121 cm³/mol. The third-order valence-corrected chi connectivity index (χ3v) is 4.45. The second-order valence-corrected chi connectivity index (χ2v) is 7.08. The number of hydrogen-bond acceptors (Lipinski definition) is 6. The zero-order chi connectivity index (χ0) is 22.2. The number of carbonyl (C=O) groups is 2. The van der Waals surface area contributed by atoms with Crippen molar-refractivity contribution in [3.8, 4) is 11.3 Å². The van der Waals surface area contributed by atoms with Gasteiger partial charge in [-0.1, -0.05) is 18.2 Å². The molecule has 8 nitrogen and oxygen atoms in total. The molecule has 0 bridgehead atoms. The summed E-state index contributed by atoms with van der Waals surface area (Å²) in [4.78, 5) is 30.8. The minimum Gasteiger partial charge on any atom is -0.448 e. The smallest absolute Gasteiger partial charge is 0.411 e. The lowest BCUT2D eigenvalue weighted by molar-refractivity contribution is 0.0987. The van der Waals surface area contributed by atoms with Crippen molar-refractivity contribution in [1.29, 1.82) is 0 Å². The van der Waals surface area contributed by atoms with E-state index in [4.69, 9.17) is 10.6 Å². The van der Waals surface area contributed by atoms with E-state index in [0.29, 0.717) is 23.5 Å². The summed E-state index contributed by atoms with van der Waals surface area (Å²) in [6, 6.07) is 19.4. The average Bonchev–Trinajstić information content (AvgIpc) is 2.79. The van der Waals surface area contributed by atoms with Gasteiger partial charge in [-0.3, -0.25) is 15.1 Å². The normalized spacial score (nSPS) is 10.6. The zero-order valence-corrected chi connectivity index (χ0v) is 17.5. The number of anilines is 2. The van der Waals surface area contributed by atoms with E-state index in [0.717, 1.165) is 16.3 Å². The number of likely N-dealkylation sites (N-methyl/N-ethyl adjacent to an activating group) is 1. The molecule has 8 heteroatoms. The molecule has 0 aliphatic heterocycles. The highest BCUT2D eigenvalue weighted by molar-refractivity contribution is 6.05. The predicted octanol–water partition coefficient (Wildman–Crippen LogP) is 3.38. The van der Waals surface area contributed by atoms with Crippen LogP contribution in [0.25, 0.3) is 11.3 Å². The van der Waals surface area contributed by atoms with E-state index in [2.05, 4.69) is 10.3 Å². The van der Waals surface area contributed by atoms with E-state index in [9.17, 15) is 9.59 Å². The number of rotatable bonds is 7. The van der Waals surface area contributed by atoms with Gasteiger partial charge >= 0.3 is 6.09 Å². The first kappa shape index (κ1) is 21.9. The number of carbonyl (C=O) groups excluding carboxylic acids is 2. The molecule has 1 aromatic heterocycles. The summed E-state index contributed by atoms with van der Waals surface area (Å²) in [5.41, 5.74) is 3.09. The van der Waals surface area contributed by atoms with Crippen molar-refractivity contribution < 1.29 is 14.3 Å². The molecule has 0 spiro atoms. The number of hydrogen-bond donors (Lipinski definition) is 2. The number of aromatic nitrogens is 1. The maximum absolute atomic E-state index is 12.8. The number of hydrazine groups is 1. The molecule has 3 aromatic rings. The number of benzene rings is 2. The first-order valence-electron chi connectivity index (χ1n) is 9.73. The quantitative estimate of drug-likeness (QED) is 0.346.